The number of H-pyrrole nitrogens is 1. The molecule has 1 aliphatic heterocycles. The van der Waals surface area contributed by atoms with Gasteiger partial charge in [-0.3, -0.25) is 19.1 Å². The predicted molar refractivity (Wildman–Crippen MR) is 62.0 cm³/mol. The van der Waals surface area contributed by atoms with Crippen LogP contribution in [0.5, 0.6) is 0 Å². The Kier molecular flexibility index (Phi) is 2.38. The molecule has 0 bridgehead atoms. The number of rotatable bonds is 1. The van der Waals surface area contributed by atoms with Crippen LogP contribution in [-0.4, -0.2) is 34.3 Å². The molecule has 0 spiro atoms. The molecular weight excluding hydrogens is 224 g/mol. The summed E-state index contributed by atoms with van der Waals surface area (Å²) in [6.07, 6.45) is 1.56. The molecule has 1 aliphatic rings. The monoisotopic (exact) mass is 236 g/mol. The van der Waals surface area contributed by atoms with Gasteiger partial charge in [-0.05, 0) is 0 Å². The maximum Gasteiger partial charge on any atom is 0.329 e. The van der Waals surface area contributed by atoms with Crippen molar-refractivity contribution in [3.63, 3.8) is 0 Å². The van der Waals surface area contributed by atoms with E-state index in [1.165, 1.54) is 11.6 Å². The summed E-state index contributed by atoms with van der Waals surface area (Å²) < 4.78 is 1.20. The van der Waals surface area contributed by atoms with Gasteiger partial charge in [0.15, 0.2) is 0 Å². The molecule has 0 saturated heterocycles. The van der Waals surface area contributed by atoms with Crippen LogP contribution in [0.2, 0.25) is 0 Å². The van der Waals surface area contributed by atoms with E-state index >= 15 is 0 Å². The van der Waals surface area contributed by atoms with Crippen LogP contribution in [-0.2, 0) is 7.05 Å². The van der Waals surface area contributed by atoms with Crippen LogP contribution in [0.1, 0.15) is 10.4 Å². The smallest absolute Gasteiger partial charge is 0.329 e. The van der Waals surface area contributed by atoms with Crippen LogP contribution in [0.15, 0.2) is 21.5 Å². The van der Waals surface area contributed by atoms with Gasteiger partial charge in [0.05, 0.1) is 0 Å². The fourth-order valence-corrected chi connectivity index (χ4v) is 1.65. The molecule has 7 heteroatoms. The third kappa shape index (κ3) is 1.65. The molecular formula is C10H12N4O3. The molecule has 7 nitrogen and oxygen atoms in total. The number of nitrogens with zero attached hydrogens (tertiary/aromatic N) is 2. The second-order valence-electron chi connectivity index (χ2n) is 4.00. The van der Waals surface area contributed by atoms with Gasteiger partial charge < -0.3 is 10.2 Å². The molecule has 17 heavy (non-hydrogen) atoms. The van der Waals surface area contributed by atoms with Gasteiger partial charge in [-0.15, -0.1) is 0 Å². The molecule has 2 N–H and O–H groups in total. The van der Waals surface area contributed by atoms with Crippen LogP contribution in [0.4, 0.5) is 5.82 Å². The van der Waals surface area contributed by atoms with Gasteiger partial charge in [0.2, 0.25) is 5.78 Å². The Hall–Kier alpha value is -2.31. The minimum Gasteiger partial charge on any atom is -0.382 e. The van der Waals surface area contributed by atoms with Gasteiger partial charge in [0, 0.05) is 27.3 Å². The average molecular weight is 236 g/mol. The van der Waals surface area contributed by atoms with Crippen molar-refractivity contribution in [1.82, 2.24) is 14.5 Å². The first-order chi connectivity index (χ1) is 7.91. The van der Waals surface area contributed by atoms with E-state index in [9.17, 15) is 14.4 Å². The van der Waals surface area contributed by atoms with E-state index in [0.29, 0.717) is 0 Å². The minimum atomic E-state index is -0.664. The summed E-state index contributed by atoms with van der Waals surface area (Å²) in [6.45, 7) is 0. The van der Waals surface area contributed by atoms with Crippen molar-refractivity contribution in [1.29, 1.82) is 0 Å². The van der Waals surface area contributed by atoms with Gasteiger partial charge in [0.25, 0.3) is 5.56 Å². The first-order valence-corrected chi connectivity index (χ1v) is 4.95. The van der Waals surface area contributed by atoms with Gasteiger partial charge in [0.1, 0.15) is 17.1 Å². The molecule has 0 aromatic carbocycles. The first kappa shape index (κ1) is 11.2. The lowest BCUT2D eigenvalue weighted by molar-refractivity contribution is 0.103. The molecule has 0 unspecified atom stereocenters. The largest absolute Gasteiger partial charge is 0.382 e. The zero-order valence-electron chi connectivity index (χ0n) is 9.70. The maximum atomic E-state index is 11.9. The van der Waals surface area contributed by atoms with Crippen LogP contribution < -0.4 is 16.6 Å². The van der Waals surface area contributed by atoms with E-state index in [0.717, 1.165) is 0 Å². The zero-order valence-corrected chi connectivity index (χ0v) is 9.70. The SMILES string of the molecule is CN(C)/C=C1\Nc2c(c(=O)[nH]c(=O)n2C)C1=O. The Morgan fingerprint density at radius 1 is 1.24 bits per heavy atom. The molecule has 0 radical (unpaired) electrons. The van der Waals surface area contributed by atoms with Gasteiger partial charge in [-0.25, -0.2) is 4.79 Å². The average Bonchev–Trinajstić information content (AvgIpc) is 2.53. The predicted octanol–water partition coefficient (Wildman–Crippen LogP) is -0.915. The van der Waals surface area contributed by atoms with Crippen molar-refractivity contribution in [3.05, 3.63) is 38.3 Å². The van der Waals surface area contributed by atoms with Gasteiger partial charge >= 0.3 is 5.69 Å². The van der Waals surface area contributed by atoms with Crippen LogP contribution >= 0.6 is 0 Å². The normalized spacial score (nSPS) is 15.9. The van der Waals surface area contributed by atoms with Crippen LogP contribution in [0.3, 0.4) is 0 Å². The number of hydrogen-bond acceptors (Lipinski definition) is 5. The first-order valence-electron chi connectivity index (χ1n) is 4.95. The number of nitrogens with one attached hydrogen (secondary N) is 2. The zero-order chi connectivity index (χ0) is 12.7. The highest BCUT2D eigenvalue weighted by atomic mass is 16.2. The van der Waals surface area contributed by atoms with Crippen molar-refractivity contribution in [3.8, 4) is 0 Å². The van der Waals surface area contributed by atoms with Crippen LogP contribution in [0, 0.1) is 0 Å². The number of carbonyl (C=O) groups is 1. The van der Waals surface area contributed by atoms with E-state index in [4.69, 9.17) is 0 Å². The second kappa shape index (κ2) is 3.62. The van der Waals surface area contributed by atoms with E-state index in [1.807, 2.05) is 0 Å². The van der Waals surface area contributed by atoms with E-state index in [1.54, 1.807) is 25.2 Å². The molecule has 0 aliphatic carbocycles. The molecule has 1 aromatic rings. The summed E-state index contributed by atoms with van der Waals surface area (Å²) in [5, 5.41) is 2.78. The summed E-state index contributed by atoms with van der Waals surface area (Å²) in [6, 6.07) is 0. The quantitative estimate of drug-likeness (QED) is 0.616. The van der Waals surface area contributed by atoms with E-state index in [2.05, 4.69) is 10.3 Å². The molecule has 0 atom stereocenters. The highest BCUT2D eigenvalue weighted by Crippen LogP contribution is 2.22. The van der Waals surface area contributed by atoms with Crippen molar-refractivity contribution in [2.24, 2.45) is 7.05 Å². The highest BCUT2D eigenvalue weighted by Gasteiger charge is 2.30. The summed E-state index contributed by atoms with van der Waals surface area (Å²) in [5.74, 6) is -0.178. The van der Waals surface area contributed by atoms with Crippen molar-refractivity contribution >= 4 is 11.6 Å². The third-order valence-electron chi connectivity index (χ3n) is 2.44. The fourth-order valence-electron chi connectivity index (χ4n) is 1.65. The topological polar surface area (TPSA) is 87.2 Å². The number of allylic oxidation sites excluding steroid dienone is 1. The van der Waals surface area contributed by atoms with Gasteiger partial charge in [-0.2, -0.15) is 0 Å². The van der Waals surface area contributed by atoms with Crippen molar-refractivity contribution in [2.75, 3.05) is 19.4 Å². The lowest BCUT2D eigenvalue weighted by Crippen LogP contribution is -2.31. The molecule has 0 saturated carbocycles. The lowest BCUT2D eigenvalue weighted by Gasteiger charge is -2.07. The van der Waals surface area contributed by atoms with E-state index < -0.39 is 17.0 Å². The number of aromatic amines is 1. The summed E-state index contributed by atoms with van der Waals surface area (Å²) in [7, 11) is 5.00. The highest BCUT2D eigenvalue weighted by molar-refractivity contribution is 6.17. The Balaban J connectivity index is 2.68. The Bertz CT molecular complexity index is 636. The summed E-state index contributed by atoms with van der Waals surface area (Å²) >= 11 is 0. The van der Waals surface area contributed by atoms with Crippen LogP contribution in [0.25, 0.3) is 0 Å². The number of anilines is 1. The molecule has 90 valence electrons. The number of aromatic nitrogens is 2. The van der Waals surface area contributed by atoms with Gasteiger partial charge in [-0.1, -0.05) is 0 Å². The van der Waals surface area contributed by atoms with E-state index in [-0.39, 0.29) is 17.1 Å². The summed E-state index contributed by atoms with van der Waals surface area (Å²) in [4.78, 5) is 38.6. The molecule has 0 fully saturated rings. The molecule has 2 heterocycles. The Morgan fingerprint density at radius 2 is 1.88 bits per heavy atom. The maximum absolute atomic E-state index is 11.9. The summed E-state index contributed by atoms with van der Waals surface area (Å²) in [5.41, 5.74) is -0.972. The number of Topliss-reactive ketones (excluding diaryl/α,β-unsaturated/α-hetero) is 1. The Labute approximate surface area is 96.4 Å². The number of fused-ring (bicyclic) bond motifs is 1. The molecule has 2 rings (SSSR count). The van der Waals surface area contributed by atoms with Crippen molar-refractivity contribution in [2.45, 2.75) is 0 Å². The Morgan fingerprint density at radius 3 is 2.47 bits per heavy atom. The standard InChI is InChI=1S/C10H12N4O3/c1-13(2)4-5-7(15)6-8(11-5)14(3)10(17)12-9(6)16/h4,11H,1-3H3,(H,12,16,17)/b5-4-. The lowest BCUT2D eigenvalue weighted by atomic mass is 10.2. The number of carbonyl (C=O) groups excluding carboxylic acids is 1. The molecule has 0 amide bonds. The fraction of sp³-hybridized carbons (Fsp3) is 0.300. The van der Waals surface area contributed by atoms with Crippen molar-refractivity contribution < 1.29 is 4.79 Å². The minimum absolute atomic E-state index is 0.0276. The number of hydrogen-bond donors (Lipinski definition) is 2. The molecule has 1 aromatic heterocycles. The third-order valence-corrected chi connectivity index (χ3v) is 2.44. The second-order valence-corrected chi connectivity index (χ2v) is 4.00. The number of ketones is 1.